The molecule has 0 fully saturated rings. The van der Waals surface area contributed by atoms with Crippen molar-refractivity contribution < 1.29 is 4.79 Å². The highest BCUT2D eigenvalue weighted by atomic mass is 79.9. The molecule has 5 rings (SSSR count). The molecule has 1 amide bonds. The lowest BCUT2D eigenvalue weighted by molar-refractivity contribution is -0.115. The van der Waals surface area contributed by atoms with Crippen LogP contribution in [0.4, 0.5) is 5.13 Å². The number of amides is 1. The molecule has 0 aliphatic carbocycles. The number of H-pyrrole nitrogens is 1. The molecule has 0 saturated carbocycles. The summed E-state index contributed by atoms with van der Waals surface area (Å²) < 4.78 is 1.02. The van der Waals surface area contributed by atoms with Crippen molar-refractivity contribution in [1.29, 1.82) is 0 Å². The summed E-state index contributed by atoms with van der Waals surface area (Å²) in [5.41, 5.74) is 8.34. The Labute approximate surface area is 232 Å². The van der Waals surface area contributed by atoms with Gasteiger partial charge in [0.15, 0.2) is 10.3 Å². The summed E-state index contributed by atoms with van der Waals surface area (Å²) in [5, 5.41) is 6.28. The van der Waals surface area contributed by atoms with Crippen LogP contribution in [0.1, 0.15) is 17.5 Å². The minimum absolute atomic E-state index is 0.0618. The van der Waals surface area contributed by atoms with E-state index in [1.807, 2.05) is 29.6 Å². The predicted octanol–water partition coefficient (Wildman–Crippen LogP) is 8.37. The van der Waals surface area contributed by atoms with Crippen LogP contribution in [0.2, 0.25) is 0 Å². The first-order valence-corrected chi connectivity index (χ1v) is 14.5. The number of hydrogen-bond acceptors (Lipinski definition) is 5. The van der Waals surface area contributed by atoms with Crippen LogP contribution in [0.3, 0.4) is 0 Å². The van der Waals surface area contributed by atoms with Crippen LogP contribution < -0.4 is 5.32 Å². The molecule has 0 aliphatic heterocycles. The Morgan fingerprint density at radius 2 is 1.51 bits per heavy atom. The van der Waals surface area contributed by atoms with Gasteiger partial charge in [-0.25, -0.2) is 9.97 Å². The number of imidazole rings is 1. The first-order valence-electron chi connectivity index (χ1n) is 11.8. The van der Waals surface area contributed by atoms with Crippen LogP contribution in [-0.4, -0.2) is 26.6 Å². The van der Waals surface area contributed by atoms with Gasteiger partial charge >= 0.3 is 0 Å². The van der Waals surface area contributed by atoms with Crippen molar-refractivity contribution in [1.82, 2.24) is 15.0 Å². The highest BCUT2D eigenvalue weighted by Crippen LogP contribution is 2.33. The molecule has 2 heterocycles. The molecule has 3 aromatic carbocycles. The standard InChI is InChI=1S/C29H25BrN4OS2/c1-18-3-7-21(8-4-18)26-27(22-9-5-19(2)6-10-22)34-29(33-26)36-16-15-25(35)32-28-31-24(17-37-28)20-11-13-23(30)14-12-20/h3-14,17H,15-16H2,1-2H3,(H,33,34)(H,31,32,35). The predicted molar refractivity (Wildman–Crippen MR) is 158 cm³/mol. The van der Waals surface area contributed by atoms with E-state index in [1.54, 1.807) is 11.8 Å². The summed E-state index contributed by atoms with van der Waals surface area (Å²) >= 11 is 6.42. The molecule has 5 aromatic rings. The van der Waals surface area contributed by atoms with E-state index in [2.05, 4.69) is 93.6 Å². The number of benzene rings is 3. The first kappa shape index (κ1) is 25.4. The van der Waals surface area contributed by atoms with E-state index >= 15 is 0 Å². The Morgan fingerprint density at radius 3 is 2.19 bits per heavy atom. The fourth-order valence-corrected chi connectivity index (χ4v) is 5.59. The molecule has 37 heavy (non-hydrogen) atoms. The summed E-state index contributed by atoms with van der Waals surface area (Å²) in [6, 6.07) is 24.8. The van der Waals surface area contributed by atoms with Crippen molar-refractivity contribution in [2.75, 3.05) is 11.1 Å². The fraction of sp³-hybridized carbons (Fsp3) is 0.138. The van der Waals surface area contributed by atoms with Gasteiger partial charge in [-0.15, -0.1) is 11.3 Å². The maximum Gasteiger partial charge on any atom is 0.226 e. The first-order chi connectivity index (χ1) is 17.9. The molecule has 186 valence electrons. The topological polar surface area (TPSA) is 70.7 Å². The number of rotatable bonds is 8. The summed E-state index contributed by atoms with van der Waals surface area (Å²) in [4.78, 5) is 25.5. The third-order valence-corrected chi connectivity index (χ3v) is 7.97. The lowest BCUT2D eigenvalue weighted by Gasteiger charge is -2.04. The number of hydrogen-bond donors (Lipinski definition) is 2. The molecule has 0 bridgehead atoms. The van der Waals surface area contributed by atoms with Crippen molar-refractivity contribution >= 4 is 50.1 Å². The Kier molecular flexibility index (Phi) is 7.88. The normalized spacial score (nSPS) is 11.0. The largest absolute Gasteiger partial charge is 0.332 e. The van der Waals surface area contributed by atoms with Crippen LogP contribution in [0, 0.1) is 13.8 Å². The molecule has 0 aliphatic rings. The van der Waals surface area contributed by atoms with Crippen LogP contribution in [0.25, 0.3) is 33.8 Å². The second-order valence-corrected chi connectivity index (χ2v) is 11.5. The Hall–Kier alpha value is -3.20. The van der Waals surface area contributed by atoms with Crippen LogP contribution in [-0.2, 0) is 4.79 Å². The monoisotopic (exact) mass is 588 g/mol. The van der Waals surface area contributed by atoms with E-state index in [-0.39, 0.29) is 5.91 Å². The summed E-state index contributed by atoms with van der Waals surface area (Å²) in [5.74, 6) is 0.540. The van der Waals surface area contributed by atoms with E-state index in [0.717, 1.165) is 43.4 Å². The van der Waals surface area contributed by atoms with Gasteiger partial charge in [-0.1, -0.05) is 99.5 Å². The number of nitrogens with zero attached hydrogens (tertiary/aromatic N) is 2. The van der Waals surface area contributed by atoms with Gasteiger partial charge in [-0.2, -0.15) is 0 Å². The van der Waals surface area contributed by atoms with Gasteiger partial charge in [0.2, 0.25) is 5.91 Å². The molecule has 0 unspecified atom stereocenters. The average Bonchev–Trinajstić information content (AvgIpc) is 3.53. The number of carbonyl (C=O) groups excluding carboxylic acids is 1. The van der Waals surface area contributed by atoms with E-state index < -0.39 is 0 Å². The molecule has 2 N–H and O–H groups in total. The highest BCUT2D eigenvalue weighted by Gasteiger charge is 2.15. The number of aromatic nitrogens is 3. The number of thiazole rings is 1. The number of halogens is 1. The van der Waals surface area contributed by atoms with Crippen molar-refractivity contribution in [3.8, 4) is 33.8 Å². The summed E-state index contributed by atoms with van der Waals surface area (Å²) in [6.07, 6.45) is 0.359. The van der Waals surface area contributed by atoms with Gasteiger partial charge < -0.3 is 10.3 Å². The molecule has 5 nitrogen and oxygen atoms in total. The second-order valence-electron chi connectivity index (χ2n) is 8.69. The van der Waals surface area contributed by atoms with Crippen molar-refractivity contribution in [3.63, 3.8) is 0 Å². The van der Waals surface area contributed by atoms with Gasteiger partial charge in [0, 0.05) is 38.7 Å². The molecular formula is C29H25BrN4OS2. The molecule has 0 radical (unpaired) electrons. The third-order valence-electron chi connectivity index (χ3n) is 5.81. The molecule has 8 heteroatoms. The summed E-state index contributed by atoms with van der Waals surface area (Å²) in [7, 11) is 0. The molecule has 0 saturated heterocycles. The van der Waals surface area contributed by atoms with Gasteiger partial charge in [-0.3, -0.25) is 4.79 Å². The van der Waals surface area contributed by atoms with E-state index in [1.165, 1.54) is 22.5 Å². The number of anilines is 1. The molecular weight excluding hydrogens is 564 g/mol. The van der Waals surface area contributed by atoms with Crippen LogP contribution in [0.5, 0.6) is 0 Å². The minimum atomic E-state index is -0.0618. The third kappa shape index (κ3) is 6.39. The Balaban J connectivity index is 1.24. The number of aromatic amines is 1. The number of nitrogens with one attached hydrogen (secondary N) is 2. The van der Waals surface area contributed by atoms with Gasteiger partial charge in [0.05, 0.1) is 17.1 Å². The van der Waals surface area contributed by atoms with Gasteiger partial charge in [-0.05, 0) is 26.0 Å². The maximum atomic E-state index is 12.6. The number of thioether (sulfide) groups is 1. The summed E-state index contributed by atoms with van der Waals surface area (Å²) in [6.45, 7) is 4.16. The van der Waals surface area contributed by atoms with E-state index in [9.17, 15) is 4.79 Å². The fourth-order valence-electron chi connectivity index (χ4n) is 3.78. The zero-order chi connectivity index (χ0) is 25.8. The van der Waals surface area contributed by atoms with E-state index in [0.29, 0.717) is 17.3 Å². The van der Waals surface area contributed by atoms with Crippen molar-refractivity contribution in [3.05, 3.63) is 93.8 Å². The SMILES string of the molecule is Cc1ccc(-c2nc(SCCC(=O)Nc3nc(-c4ccc(Br)cc4)cs3)[nH]c2-c2ccc(C)cc2)cc1. The van der Waals surface area contributed by atoms with Gasteiger partial charge in [0.25, 0.3) is 0 Å². The zero-order valence-corrected chi connectivity index (χ0v) is 23.6. The van der Waals surface area contributed by atoms with Gasteiger partial charge in [0.1, 0.15) is 0 Å². The lowest BCUT2D eigenvalue weighted by Crippen LogP contribution is -2.12. The lowest BCUT2D eigenvalue weighted by atomic mass is 10.0. The highest BCUT2D eigenvalue weighted by molar-refractivity contribution is 9.10. The van der Waals surface area contributed by atoms with E-state index in [4.69, 9.17) is 4.98 Å². The van der Waals surface area contributed by atoms with Crippen LogP contribution >= 0.6 is 39.0 Å². The van der Waals surface area contributed by atoms with Crippen LogP contribution in [0.15, 0.2) is 87.8 Å². The number of carbonyl (C=O) groups is 1. The second kappa shape index (κ2) is 11.5. The molecule has 2 aromatic heterocycles. The minimum Gasteiger partial charge on any atom is -0.332 e. The maximum absolute atomic E-state index is 12.6. The molecule has 0 atom stereocenters. The Morgan fingerprint density at radius 1 is 0.892 bits per heavy atom. The molecule has 0 spiro atoms. The average molecular weight is 590 g/mol. The number of aryl methyl sites for hydroxylation is 2. The quantitative estimate of drug-likeness (QED) is 0.179. The Bertz CT molecular complexity index is 1440. The smallest absolute Gasteiger partial charge is 0.226 e. The van der Waals surface area contributed by atoms with Crippen molar-refractivity contribution in [2.45, 2.75) is 25.4 Å². The zero-order valence-electron chi connectivity index (χ0n) is 20.4. The van der Waals surface area contributed by atoms with Crippen molar-refractivity contribution in [2.24, 2.45) is 0 Å².